The summed E-state index contributed by atoms with van der Waals surface area (Å²) in [5.41, 5.74) is 1.22. The van der Waals surface area contributed by atoms with Gasteiger partial charge in [-0.25, -0.2) is 4.79 Å². The second-order valence-corrected chi connectivity index (χ2v) is 5.96. The van der Waals surface area contributed by atoms with Crippen molar-refractivity contribution in [1.82, 2.24) is 0 Å². The minimum absolute atomic E-state index is 0.0184. The molecule has 0 spiro atoms. The van der Waals surface area contributed by atoms with Crippen molar-refractivity contribution in [2.45, 2.75) is 6.61 Å². The molecule has 29 heavy (non-hydrogen) atoms. The lowest BCUT2D eigenvalue weighted by Gasteiger charge is -2.08. The molecule has 0 saturated carbocycles. The summed E-state index contributed by atoms with van der Waals surface area (Å²) in [4.78, 5) is 23.9. The highest BCUT2D eigenvalue weighted by atomic mass is 19.3. The number of benzene rings is 3. The van der Waals surface area contributed by atoms with Gasteiger partial charge < -0.3 is 14.8 Å². The molecule has 0 aromatic heterocycles. The van der Waals surface area contributed by atoms with Crippen molar-refractivity contribution in [3.05, 3.63) is 78.4 Å². The van der Waals surface area contributed by atoms with Crippen LogP contribution in [0.5, 0.6) is 5.75 Å². The van der Waals surface area contributed by atoms with E-state index >= 15 is 0 Å². The van der Waals surface area contributed by atoms with E-state index in [0.29, 0.717) is 11.3 Å². The number of hydrogen-bond acceptors (Lipinski definition) is 4. The summed E-state index contributed by atoms with van der Waals surface area (Å²) in [6.45, 7) is -3.33. The van der Waals surface area contributed by atoms with Crippen LogP contribution in [0.15, 0.2) is 72.8 Å². The van der Waals surface area contributed by atoms with Crippen LogP contribution in [0, 0.1) is 0 Å². The zero-order valence-corrected chi connectivity index (χ0v) is 15.2. The highest BCUT2D eigenvalue weighted by Gasteiger charge is 2.08. The van der Waals surface area contributed by atoms with Gasteiger partial charge in [0.1, 0.15) is 5.75 Å². The molecule has 0 aliphatic carbocycles. The number of alkyl halides is 2. The molecule has 148 valence electrons. The van der Waals surface area contributed by atoms with Crippen LogP contribution < -0.4 is 10.1 Å². The van der Waals surface area contributed by atoms with Gasteiger partial charge in [0.05, 0.1) is 0 Å². The van der Waals surface area contributed by atoms with E-state index in [1.807, 2.05) is 36.4 Å². The van der Waals surface area contributed by atoms with Crippen molar-refractivity contribution in [3.63, 3.8) is 0 Å². The Balaban J connectivity index is 1.51. The van der Waals surface area contributed by atoms with E-state index in [1.54, 1.807) is 6.07 Å². The molecular formula is C22H17F2NO4. The van der Waals surface area contributed by atoms with Crippen LogP contribution in [0.2, 0.25) is 0 Å². The van der Waals surface area contributed by atoms with Gasteiger partial charge in [0.15, 0.2) is 6.61 Å². The Morgan fingerprint density at radius 2 is 1.69 bits per heavy atom. The Kier molecular flexibility index (Phi) is 6.52. The molecule has 0 saturated heterocycles. The maximum atomic E-state index is 12.1. The highest BCUT2D eigenvalue weighted by molar-refractivity contribution is 6.03. The third-order valence-electron chi connectivity index (χ3n) is 3.93. The number of anilines is 1. The molecule has 7 heteroatoms. The first kappa shape index (κ1) is 20.0. The molecule has 3 aromatic carbocycles. The highest BCUT2D eigenvalue weighted by Crippen LogP contribution is 2.22. The average molecular weight is 397 g/mol. The molecule has 0 aliphatic heterocycles. The fourth-order valence-electron chi connectivity index (χ4n) is 2.63. The summed E-state index contributed by atoms with van der Waals surface area (Å²) in [6, 6.07) is 18.8. The quantitative estimate of drug-likeness (QED) is 0.466. The molecule has 0 heterocycles. The van der Waals surface area contributed by atoms with Gasteiger partial charge in [-0.15, -0.1) is 0 Å². The third-order valence-corrected chi connectivity index (χ3v) is 3.93. The Morgan fingerprint density at radius 1 is 0.966 bits per heavy atom. The lowest BCUT2D eigenvalue weighted by Crippen LogP contribution is -2.20. The topological polar surface area (TPSA) is 64.6 Å². The SMILES string of the molecule is O=C(COC(=O)/C=C/c1ccc(OC(F)F)cc1)Nc1cccc2ccccc12. The maximum Gasteiger partial charge on any atom is 0.387 e. The smallest absolute Gasteiger partial charge is 0.387 e. The van der Waals surface area contributed by atoms with E-state index in [0.717, 1.165) is 16.8 Å². The van der Waals surface area contributed by atoms with Crippen LogP contribution in [0.25, 0.3) is 16.8 Å². The molecule has 0 fully saturated rings. The largest absolute Gasteiger partial charge is 0.452 e. The number of esters is 1. The molecule has 3 aromatic rings. The first-order chi connectivity index (χ1) is 14.0. The number of nitrogens with one attached hydrogen (secondary N) is 1. The van der Waals surface area contributed by atoms with E-state index in [-0.39, 0.29) is 5.75 Å². The van der Waals surface area contributed by atoms with Crippen molar-refractivity contribution in [2.75, 3.05) is 11.9 Å². The van der Waals surface area contributed by atoms with E-state index < -0.39 is 25.1 Å². The summed E-state index contributed by atoms with van der Waals surface area (Å²) in [7, 11) is 0. The zero-order chi connectivity index (χ0) is 20.6. The summed E-state index contributed by atoms with van der Waals surface area (Å²) in [6.07, 6.45) is 2.59. The van der Waals surface area contributed by atoms with Gasteiger partial charge in [0.25, 0.3) is 5.91 Å². The van der Waals surface area contributed by atoms with Gasteiger partial charge in [-0.1, -0.05) is 48.5 Å². The van der Waals surface area contributed by atoms with E-state index in [1.165, 1.54) is 30.3 Å². The first-order valence-electron chi connectivity index (χ1n) is 8.68. The summed E-state index contributed by atoms with van der Waals surface area (Å²) >= 11 is 0. The van der Waals surface area contributed by atoms with Gasteiger partial charge in [-0.3, -0.25) is 4.79 Å². The van der Waals surface area contributed by atoms with Crippen LogP contribution in [0.1, 0.15) is 5.56 Å². The second-order valence-electron chi connectivity index (χ2n) is 5.96. The fourth-order valence-corrected chi connectivity index (χ4v) is 2.63. The monoisotopic (exact) mass is 397 g/mol. The number of ether oxygens (including phenoxy) is 2. The van der Waals surface area contributed by atoms with E-state index in [2.05, 4.69) is 10.1 Å². The van der Waals surface area contributed by atoms with Gasteiger partial charge in [-0.2, -0.15) is 8.78 Å². The molecule has 0 aliphatic rings. The molecule has 0 atom stereocenters. The standard InChI is InChI=1S/C22H17F2NO4/c23-22(24)29-17-11-8-15(9-12-17)10-13-21(27)28-14-20(26)25-19-7-3-5-16-4-1-2-6-18(16)19/h1-13,22H,14H2,(H,25,26)/b13-10+. The summed E-state index contributed by atoms with van der Waals surface area (Å²) in [5, 5.41) is 4.59. The maximum absolute atomic E-state index is 12.1. The summed E-state index contributed by atoms with van der Waals surface area (Å²) < 4.78 is 33.4. The van der Waals surface area contributed by atoms with Crippen molar-refractivity contribution in [1.29, 1.82) is 0 Å². The van der Waals surface area contributed by atoms with Crippen molar-refractivity contribution < 1.29 is 27.8 Å². The number of carbonyl (C=O) groups excluding carboxylic acids is 2. The van der Waals surface area contributed by atoms with Crippen LogP contribution in [-0.4, -0.2) is 25.1 Å². The van der Waals surface area contributed by atoms with Gasteiger partial charge in [0.2, 0.25) is 0 Å². The number of amides is 1. The molecule has 1 N–H and O–H groups in total. The number of halogens is 2. The molecule has 0 unspecified atom stereocenters. The van der Waals surface area contributed by atoms with Gasteiger partial charge in [0, 0.05) is 17.1 Å². The van der Waals surface area contributed by atoms with Crippen LogP contribution in [-0.2, 0) is 14.3 Å². The Hall–Kier alpha value is -3.74. The zero-order valence-electron chi connectivity index (χ0n) is 15.2. The van der Waals surface area contributed by atoms with Gasteiger partial charge in [-0.05, 0) is 35.2 Å². The molecule has 0 radical (unpaired) electrons. The van der Waals surface area contributed by atoms with Gasteiger partial charge >= 0.3 is 12.6 Å². The number of rotatable bonds is 7. The Bertz CT molecular complexity index is 1030. The number of hydrogen-bond donors (Lipinski definition) is 1. The lowest BCUT2D eigenvalue weighted by atomic mass is 10.1. The van der Waals surface area contributed by atoms with E-state index in [4.69, 9.17) is 4.74 Å². The second kappa shape index (κ2) is 9.45. The molecular weight excluding hydrogens is 380 g/mol. The lowest BCUT2D eigenvalue weighted by molar-refractivity contribution is -0.142. The minimum Gasteiger partial charge on any atom is -0.452 e. The summed E-state index contributed by atoms with van der Waals surface area (Å²) in [5.74, 6) is -1.15. The predicted octanol–water partition coefficient (Wildman–Crippen LogP) is 4.64. The Morgan fingerprint density at radius 3 is 2.45 bits per heavy atom. The average Bonchev–Trinajstić information content (AvgIpc) is 2.71. The molecule has 1 amide bonds. The molecule has 3 rings (SSSR count). The Labute approximate surface area is 165 Å². The first-order valence-corrected chi connectivity index (χ1v) is 8.68. The number of carbonyl (C=O) groups is 2. The third kappa shape index (κ3) is 5.87. The van der Waals surface area contributed by atoms with Crippen molar-refractivity contribution in [3.8, 4) is 5.75 Å². The molecule has 5 nitrogen and oxygen atoms in total. The van der Waals surface area contributed by atoms with Crippen LogP contribution in [0.3, 0.4) is 0 Å². The van der Waals surface area contributed by atoms with Crippen LogP contribution >= 0.6 is 0 Å². The normalized spacial score (nSPS) is 11.0. The van der Waals surface area contributed by atoms with Crippen LogP contribution in [0.4, 0.5) is 14.5 Å². The minimum atomic E-state index is -2.90. The van der Waals surface area contributed by atoms with Crippen molar-refractivity contribution in [2.24, 2.45) is 0 Å². The predicted molar refractivity (Wildman–Crippen MR) is 106 cm³/mol. The molecule has 0 bridgehead atoms. The van der Waals surface area contributed by atoms with Crippen molar-refractivity contribution >= 4 is 34.4 Å². The number of fused-ring (bicyclic) bond motifs is 1. The fraction of sp³-hybridized carbons (Fsp3) is 0.0909. The van der Waals surface area contributed by atoms with E-state index in [9.17, 15) is 18.4 Å².